The number of anilines is 2. The molecule has 2 heterocycles. The third kappa shape index (κ3) is 4.14. The molecule has 0 spiro atoms. The molecule has 1 unspecified atom stereocenters. The van der Waals surface area contributed by atoms with Crippen LogP contribution in [0.4, 0.5) is 15.8 Å². The molecule has 0 fully saturated rings. The Kier molecular flexibility index (Phi) is 6.03. The van der Waals surface area contributed by atoms with Crippen LogP contribution in [0.1, 0.15) is 24.1 Å². The number of pyridine rings is 1. The van der Waals surface area contributed by atoms with E-state index in [4.69, 9.17) is 23.2 Å². The monoisotopic (exact) mass is 487 g/mol. The fourth-order valence-electron chi connectivity index (χ4n) is 3.96. The van der Waals surface area contributed by atoms with Crippen LogP contribution in [0.15, 0.2) is 47.3 Å². The Morgan fingerprint density at radius 1 is 1.12 bits per heavy atom. The maximum Gasteiger partial charge on any atom is 0.260 e. The highest BCUT2D eigenvalue weighted by Gasteiger charge is 2.34. The topological polar surface area (TPSA) is 71.4 Å². The standard InChI is InChI=1S/C24H20Cl2FN3O3/c1-12-8-20-22(24(33)29(12)3)16-6-4-14(25)9-17(16)13(2)23(32)30(20)11-21(31)28-15-5-7-18(26)19(27)10-15/h4-10,13H,11H2,1-3H3,(H,28,31). The van der Waals surface area contributed by atoms with E-state index in [9.17, 15) is 18.8 Å². The summed E-state index contributed by atoms with van der Waals surface area (Å²) in [6.45, 7) is 3.09. The van der Waals surface area contributed by atoms with E-state index < -0.39 is 17.6 Å². The zero-order valence-corrected chi connectivity index (χ0v) is 19.6. The van der Waals surface area contributed by atoms with Gasteiger partial charge >= 0.3 is 0 Å². The first-order chi connectivity index (χ1) is 15.6. The van der Waals surface area contributed by atoms with E-state index in [0.29, 0.717) is 33.1 Å². The van der Waals surface area contributed by atoms with Crippen LogP contribution in [0.3, 0.4) is 0 Å². The molecule has 0 saturated heterocycles. The lowest BCUT2D eigenvalue weighted by atomic mass is 9.92. The lowest BCUT2D eigenvalue weighted by molar-refractivity contribution is -0.122. The van der Waals surface area contributed by atoms with E-state index in [-0.39, 0.29) is 28.7 Å². The predicted molar refractivity (Wildman–Crippen MR) is 128 cm³/mol. The molecule has 0 aliphatic carbocycles. The third-order valence-electron chi connectivity index (χ3n) is 5.83. The highest BCUT2D eigenvalue weighted by Crippen LogP contribution is 2.40. The average molecular weight is 488 g/mol. The minimum absolute atomic E-state index is 0.0683. The molecule has 9 heteroatoms. The van der Waals surface area contributed by atoms with Gasteiger partial charge in [-0.2, -0.15) is 0 Å². The van der Waals surface area contributed by atoms with Gasteiger partial charge in [0.25, 0.3) is 5.56 Å². The van der Waals surface area contributed by atoms with E-state index in [1.54, 1.807) is 45.2 Å². The highest BCUT2D eigenvalue weighted by atomic mass is 35.5. The normalized spacial score (nSPS) is 15.0. The first-order valence-corrected chi connectivity index (χ1v) is 10.9. The second-order valence-electron chi connectivity index (χ2n) is 7.96. The van der Waals surface area contributed by atoms with Crippen LogP contribution in [-0.4, -0.2) is 22.9 Å². The summed E-state index contributed by atoms with van der Waals surface area (Å²) in [6, 6.07) is 10.6. The van der Waals surface area contributed by atoms with Crippen molar-refractivity contribution in [3.05, 3.63) is 79.9 Å². The molecule has 2 amide bonds. The Morgan fingerprint density at radius 3 is 2.55 bits per heavy atom. The fourth-order valence-corrected chi connectivity index (χ4v) is 4.25. The number of benzene rings is 2. The Morgan fingerprint density at radius 2 is 1.85 bits per heavy atom. The molecule has 170 valence electrons. The van der Waals surface area contributed by atoms with E-state index in [0.717, 1.165) is 6.07 Å². The predicted octanol–water partition coefficient (Wildman–Crippen LogP) is 4.90. The van der Waals surface area contributed by atoms with Crippen LogP contribution < -0.4 is 15.8 Å². The number of aryl methyl sites for hydroxylation is 1. The van der Waals surface area contributed by atoms with Crippen molar-refractivity contribution < 1.29 is 14.0 Å². The van der Waals surface area contributed by atoms with Gasteiger partial charge in [-0.3, -0.25) is 14.4 Å². The molecule has 1 atom stereocenters. The van der Waals surface area contributed by atoms with Gasteiger partial charge < -0.3 is 14.8 Å². The Balaban J connectivity index is 1.81. The summed E-state index contributed by atoms with van der Waals surface area (Å²) in [4.78, 5) is 40.9. The zero-order valence-electron chi connectivity index (χ0n) is 18.1. The molecule has 1 aliphatic rings. The number of nitrogens with zero attached hydrogens (tertiary/aromatic N) is 2. The van der Waals surface area contributed by atoms with Gasteiger partial charge in [0.1, 0.15) is 12.4 Å². The first-order valence-electron chi connectivity index (χ1n) is 10.1. The van der Waals surface area contributed by atoms with Crippen LogP contribution in [0, 0.1) is 12.7 Å². The van der Waals surface area contributed by atoms with Crippen molar-refractivity contribution in [3.63, 3.8) is 0 Å². The minimum atomic E-state index is -0.675. The van der Waals surface area contributed by atoms with Crippen molar-refractivity contribution in [3.8, 4) is 11.1 Å². The van der Waals surface area contributed by atoms with Gasteiger partial charge in [-0.15, -0.1) is 0 Å². The van der Waals surface area contributed by atoms with Crippen molar-refractivity contribution in [1.29, 1.82) is 0 Å². The van der Waals surface area contributed by atoms with Gasteiger partial charge in [-0.25, -0.2) is 4.39 Å². The summed E-state index contributed by atoms with van der Waals surface area (Å²) in [5.41, 5.74) is 2.40. The Bertz CT molecular complexity index is 1370. The van der Waals surface area contributed by atoms with Crippen LogP contribution in [0.2, 0.25) is 10.0 Å². The number of rotatable bonds is 3. The van der Waals surface area contributed by atoms with E-state index in [2.05, 4.69) is 5.32 Å². The number of fused-ring (bicyclic) bond motifs is 3. The number of hydrogen-bond donors (Lipinski definition) is 1. The summed E-state index contributed by atoms with van der Waals surface area (Å²) < 4.78 is 15.3. The van der Waals surface area contributed by atoms with E-state index >= 15 is 0 Å². The molecule has 0 saturated carbocycles. The fraction of sp³-hybridized carbons (Fsp3) is 0.208. The number of amides is 2. The molecule has 2 aromatic carbocycles. The number of carbonyl (C=O) groups is 2. The van der Waals surface area contributed by atoms with E-state index in [1.165, 1.54) is 21.6 Å². The average Bonchev–Trinajstić information content (AvgIpc) is 2.84. The molecule has 1 aromatic heterocycles. The van der Waals surface area contributed by atoms with Gasteiger partial charge in [-0.1, -0.05) is 29.3 Å². The quantitative estimate of drug-likeness (QED) is 0.571. The minimum Gasteiger partial charge on any atom is -0.324 e. The molecular weight excluding hydrogens is 468 g/mol. The highest BCUT2D eigenvalue weighted by molar-refractivity contribution is 6.31. The second-order valence-corrected chi connectivity index (χ2v) is 8.81. The van der Waals surface area contributed by atoms with Crippen LogP contribution in [0.5, 0.6) is 0 Å². The number of hydrogen-bond acceptors (Lipinski definition) is 3. The molecule has 33 heavy (non-hydrogen) atoms. The van der Waals surface area contributed by atoms with Gasteiger partial charge in [0.15, 0.2) is 0 Å². The Hall–Kier alpha value is -3.16. The molecule has 6 nitrogen and oxygen atoms in total. The van der Waals surface area contributed by atoms with Crippen molar-refractivity contribution in [1.82, 2.24) is 4.57 Å². The van der Waals surface area contributed by atoms with Crippen molar-refractivity contribution in [2.45, 2.75) is 19.8 Å². The van der Waals surface area contributed by atoms with E-state index in [1.807, 2.05) is 0 Å². The maximum atomic E-state index is 13.8. The lowest BCUT2D eigenvalue weighted by Crippen LogP contribution is -2.40. The molecule has 0 radical (unpaired) electrons. The van der Waals surface area contributed by atoms with Crippen molar-refractivity contribution >= 4 is 46.4 Å². The summed E-state index contributed by atoms with van der Waals surface area (Å²) in [6.07, 6.45) is 0. The van der Waals surface area contributed by atoms with Gasteiger partial charge in [0.2, 0.25) is 11.8 Å². The maximum absolute atomic E-state index is 13.8. The largest absolute Gasteiger partial charge is 0.324 e. The zero-order chi connectivity index (χ0) is 24.0. The molecule has 3 aromatic rings. The van der Waals surface area contributed by atoms with Gasteiger partial charge in [0, 0.05) is 23.5 Å². The van der Waals surface area contributed by atoms with Gasteiger partial charge in [-0.05, 0) is 61.4 Å². The summed E-state index contributed by atoms with van der Waals surface area (Å²) in [7, 11) is 1.65. The molecular formula is C24H20Cl2FN3O3. The summed E-state index contributed by atoms with van der Waals surface area (Å²) in [5, 5.41) is 2.95. The smallest absolute Gasteiger partial charge is 0.260 e. The van der Waals surface area contributed by atoms with Crippen LogP contribution in [0.25, 0.3) is 11.1 Å². The van der Waals surface area contributed by atoms with Crippen molar-refractivity contribution in [2.75, 3.05) is 16.8 Å². The SMILES string of the molecule is Cc1cc2c(c(=O)n1C)-c1ccc(Cl)cc1C(C)C(=O)N2CC(=O)Nc1ccc(Cl)c(F)c1. The number of aromatic nitrogens is 1. The number of carbonyl (C=O) groups excluding carboxylic acids is 2. The number of halogens is 3. The first kappa shape index (κ1) is 23.0. The summed E-state index contributed by atoms with van der Waals surface area (Å²) in [5.74, 6) is -2.24. The lowest BCUT2D eigenvalue weighted by Gasteiger charge is -2.25. The van der Waals surface area contributed by atoms with Gasteiger partial charge in [0.05, 0.1) is 22.2 Å². The molecule has 1 N–H and O–H groups in total. The summed E-state index contributed by atoms with van der Waals surface area (Å²) >= 11 is 11.9. The molecule has 0 bridgehead atoms. The molecule has 4 rings (SSSR count). The van der Waals surface area contributed by atoms with Crippen LogP contribution in [-0.2, 0) is 16.6 Å². The number of nitrogens with one attached hydrogen (secondary N) is 1. The Labute approximate surface area is 199 Å². The second kappa shape index (κ2) is 8.65. The molecule has 1 aliphatic heterocycles. The third-order valence-corrected chi connectivity index (χ3v) is 6.37. The van der Waals surface area contributed by atoms with Crippen LogP contribution >= 0.6 is 23.2 Å². The van der Waals surface area contributed by atoms with Crippen molar-refractivity contribution in [2.24, 2.45) is 7.05 Å².